The van der Waals surface area contributed by atoms with Gasteiger partial charge in [0.2, 0.25) is 0 Å². The maximum atomic E-state index is 13.2. The fourth-order valence-corrected chi connectivity index (χ4v) is 1.53. The Hall–Kier alpha value is -0.940. The maximum absolute atomic E-state index is 13.2. The van der Waals surface area contributed by atoms with Gasteiger partial charge >= 0.3 is 5.97 Å². The summed E-state index contributed by atoms with van der Waals surface area (Å²) < 4.78 is 18.3. The molecule has 0 aliphatic rings. The first-order valence-corrected chi connectivity index (χ1v) is 5.61. The standard InChI is InChI=1S/C11H12BrFO3/c1-2-16-11(15)8(6-14)7-3-4-9(12)10(13)5-7/h3-5,8,14H,2,6H2,1H3. The van der Waals surface area contributed by atoms with E-state index in [0.717, 1.165) is 0 Å². The van der Waals surface area contributed by atoms with E-state index in [2.05, 4.69) is 15.9 Å². The summed E-state index contributed by atoms with van der Waals surface area (Å²) in [7, 11) is 0. The number of carbonyl (C=O) groups excluding carboxylic acids is 1. The normalized spacial score (nSPS) is 12.2. The zero-order valence-electron chi connectivity index (χ0n) is 8.74. The molecule has 0 amide bonds. The van der Waals surface area contributed by atoms with Gasteiger partial charge in [-0.25, -0.2) is 4.39 Å². The summed E-state index contributed by atoms with van der Waals surface area (Å²) in [6.07, 6.45) is 0. The predicted molar refractivity (Wildman–Crippen MR) is 60.6 cm³/mol. The summed E-state index contributed by atoms with van der Waals surface area (Å²) in [6.45, 7) is 1.50. The van der Waals surface area contributed by atoms with Gasteiger partial charge in [-0.1, -0.05) is 6.07 Å². The molecule has 3 nitrogen and oxygen atoms in total. The first-order valence-electron chi connectivity index (χ1n) is 4.82. The van der Waals surface area contributed by atoms with Crippen molar-refractivity contribution in [2.45, 2.75) is 12.8 Å². The molecule has 0 saturated carbocycles. The lowest BCUT2D eigenvalue weighted by Crippen LogP contribution is -2.19. The highest BCUT2D eigenvalue weighted by Crippen LogP contribution is 2.22. The quantitative estimate of drug-likeness (QED) is 0.865. The average Bonchev–Trinajstić information content (AvgIpc) is 2.25. The highest BCUT2D eigenvalue weighted by Gasteiger charge is 2.21. The molecule has 88 valence electrons. The molecule has 0 heterocycles. The van der Waals surface area contributed by atoms with Gasteiger partial charge in [0.05, 0.1) is 17.7 Å². The number of aliphatic hydroxyl groups excluding tert-OH is 1. The van der Waals surface area contributed by atoms with Crippen LogP contribution in [0.15, 0.2) is 22.7 Å². The molecule has 16 heavy (non-hydrogen) atoms. The van der Waals surface area contributed by atoms with E-state index in [-0.39, 0.29) is 6.61 Å². The van der Waals surface area contributed by atoms with E-state index in [1.165, 1.54) is 12.1 Å². The maximum Gasteiger partial charge on any atom is 0.315 e. The number of esters is 1. The molecule has 0 aliphatic heterocycles. The van der Waals surface area contributed by atoms with Crippen molar-refractivity contribution in [2.75, 3.05) is 13.2 Å². The van der Waals surface area contributed by atoms with Crippen LogP contribution in [0.4, 0.5) is 4.39 Å². The molecular formula is C11H12BrFO3. The lowest BCUT2D eigenvalue weighted by molar-refractivity contribution is -0.145. The Morgan fingerprint density at radius 1 is 1.62 bits per heavy atom. The zero-order chi connectivity index (χ0) is 12.1. The fourth-order valence-electron chi connectivity index (χ4n) is 1.29. The second-order valence-corrected chi connectivity index (χ2v) is 4.02. The van der Waals surface area contributed by atoms with Crippen LogP contribution in [0.3, 0.4) is 0 Å². The van der Waals surface area contributed by atoms with Crippen LogP contribution in [0.2, 0.25) is 0 Å². The number of hydrogen-bond donors (Lipinski definition) is 1. The van der Waals surface area contributed by atoms with Gasteiger partial charge in [-0.3, -0.25) is 4.79 Å². The van der Waals surface area contributed by atoms with Gasteiger partial charge in [0.15, 0.2) is 0 Å². The molecule has 0 radical (unpaired) electrons. The van der Waals surface area contributed by atoms with Crippen molar-refractivity contribution in [2.24, 2.45) is 0 Å². The molecule has 1 rings (SSSR count). The van der Waals surface area contributed by atoms with E-state index < -0.39 is 24.3 Å². The number of benzene rings is 1. The van der Waals surface area contributed by atoms with Gasteiger partial charge in [0.1, 0.15) is 11.7 Å². The zero-order valence-corrected chi connectivity index (χ0v) is 10.3. The summed E-state index contributed by atoms with van der Waals surface area (Å²) in [4.78, 5) is 11.5. The Morgan fingerprint density at radius 2 is 2.31 bits per heavy atom. The van der Waals surface area contributed by atoms with Crippen LogP contribution in [0.5, 0.6) is 0 Å². The van der Waals surface area contributed by atoms with Crippen LogP contribution in [0.25, 0.3) is 0 Å². The molecule has 1 aromatic carbocycles. The topological polar surface area (TPSA) is 46.5 Å². The molecule has 0 aliphatic carbocycles. The Morgan fingerprint density at radius 3 is 2.81 bits per heavy atom. The van der Waals surface area contributed by atoms with Crippen LogP contribution in [-0.2, 0) is 9.53 Å². The molecule has 0 fully saturated rings. The smallest absolute Gasteiger partial charge is 0.315 e. The van der Waals surface area contributed by atoms with Gasteiger partial charge in [0.25, 0.3) is 0 Å². The number of halogens is 2. The third-order valence-corrected chi connectivity index (χ3v) is 2.74. The van der Waals surface area contributed by atoms with Gasteiger partial charge in [-0.15, -0.1) is 0 Å². The summed E-state index contributed by atoms with van der Waals surface area (Å²) in [5, 5.41) is 9.10. The van der Waals surface area contributed by atoms with Crippen molar-refractivity contribution in [3.63, 3.8) is 0 Å². The van der Waals surface area contributed by atoms with Crippen molar-refractivity contribution < 1.29 is 19.0 Å². The molecule has 1 aromatic rings. The Balaban J connectivity index is 2.95. The van der Waals surface area contributed by atoms with Gasteiger partial charge in [0, 0.05) is 0 Å². The lowest BCUT2D eigenvalue weighted by Gasteiger charge is -2.13. The monoisotopic (exact) mass is 290 g/mol. The van der Waals surface area contributed by atoms with Crippen molar-refractivity contribution in [1.29, 1.82) is 0 Å². The molecule has 1 atom stereocenters. The molecule has 5 heteroatoms. The molecule has 0 bridgehead atoms. The predicted octanol–water partition coefficient (Wildman–Crippen LogP) is 2.23. The Kier molecular flexibility index (Phi) is 4.89. The largest absolute Gasteiger partial charge is 0.465 e. The van der Waals surface area contributed by atoms with E-state index >= 15 is 0 Å². The van der Waals surface area contributed by atoms with Crippen LogP contribution in [-0.4, -0.2) is 24.3 Å². The van der Waals surface area contributed by atoms with Crippen molar-refractivity contribution in [3.05, 3.63) is 34.1 Å². The lowest BCUT2D eigenvalue weighted by atomic mass is 10.0. The number of carbonyl (C=O) groups is 1. The van der Waals surface area contributed by atoms with Crippen LogP contribution in [0.1, 0.15) is 18.4 Å². The number of rotatable bonds is 4. The van der Waals surface area contributed by atoms with Crippen LogP contribution >= 0.6 is 15.9 Å². The average molecular weight is 291 g/mol. The first kappa shape index (κ1) is 13.1. The van der Waals surface area contributed by atoms with E-state index in [1.807, 2.05) is 0 Å². The van der Waals surface area contributed by atoms with Crippen LogP contribution in [0, 0.1) is 5.82 Å². The van der Waals surface area contributed by atoms with Crippen molar-refractivity contribution in [3.8, 4) is 0 Å². The summed E-state index contributed by atoms with van der Waals surface area (Å²) in [5.41, 5.74) is 0.404. The molecule has 0 spiro atoms. The Labute approximate surface area is 101 Å². The van der Waals surface area contributed by atoms with E-state index in [4.69, 9.17) is 9.84 Å². The molecule has 0 saturated heterocycles. The first-order chi connectivity index (χ1) is 7.60. The highest BCUT2D eigenvalue weighted by molar-refractivity contribution is 9.10. The SMILES string of the molecule is CCOC(=O)C(CO)c1ccc(Br)c(F)c1. The summed E-state index contributed by atoms with van der Waals surface area (Å²) in [6, 6.07) is 4.28. The third kappa shape index (κ3) is 3.02. The Bertz CT molecular complexity index is 381. The van der Waals surface area contributed by atoms with Gasteiger partial charge in [-0.2, -0.15) is 0 Å². The number of hydrogen-bond acceptors (Lipinski definition) is 3. The fraction of sp³-hybridized carbons (Fsp3) is 0.364. The summed E-state index contributed by atoms with van der Waals surface area (Å²) >= 11 is 3.01. The van der Waals surface area contributed by atoms with Gasteiger partial charge in [-0.05, 0) is 40.5 Å². The second-order valence-electron chi connectivity index (χ2n) is 3.16. The van der Waals surface area contributed by atoms with E-state index in [1.54, 1.807) is 13.0 Å². The number of aliphatic hydroxyl groups is 1. The minimum Gasteiger partial charge on any atom is -0.465 e. The minimum absolute atomic E-state index is 0.230. The van der Waals surface area contributed by atoms with Gasteiger partial charge < -0.3 is 9.84 Å². The highest BCUT2D eigenvalue weighted by atomic mass is 79.9. The molecular weight excluding hydrogens is 279 g/mol. The second kappa shape index (κ2) is 5.96. The molecule has 1 unspecified atom stereocenters. The van der Waals surface area contributed by atoms with E-state index in [0.29, 0.717) is 10.0 Å². The van der Waals surface area contributed by atoms with Crippen LogP contribution < -0.4 is 0 Å². The number of ether oxygens (including phenoxy) is 1. The molecule has 1 N–H and O–H groups in total. The molecule has 0 aromatic heterocycles. The van der Waals surface area contributed by atoms with E-state index in [9.17, 15) is 9.18 Å². The third-order valence-electron chi connectivity index (χ3n) is 2.10. The minimum atomic E-state index is -0.831. The van der Waals surface area contributed by atoms with Crippen molar-refractivity contribution in [1.82, 2.24) is 0 Å². The summed E-state index contributed by atoms with van der Waals surface area (Å²) in [5.74, 6) is -1.85. The van der Waals surface area contributed by atoms with Crippen molar-refractivity contribution >= 4 is 21.9 Å².